The lowest BCUT2D eigenvalue weighted by molar-refractivity contribution is -0.120. The highest BCUT2D eigenvalue weighted by molar-refractivity contribution is 5.77. The number of hydrazine groups is 1. The van der Waals surface area contributed by atoms with Crippen molar-refractivity contribution in [1.82, 2.24) is 5.43 Å². The molecule has 76 valence electrons. The number of benzene rings is 1. The van der Waals surface area contributed by atoms with Crippen molar-refractivity contribution in [3.63, 3.8) is 0 Å². The van der Waals surface area contributed by atoms with Gasteiger partial charge < -0.3 is 0 Å². The van der Waals surface area contributed by atoms with Gasteiger partial charge in [-0.15, -0.1) is 0 Å². The molecule has 3 nitrogen and oxygen atoms in total. The van der Waals surface area contributed by atoms with Gasteiger partial charge in [-0.2, -0.15) is 0 Å². The number of hydrogen-bond acceptors (Lipinski definition) is 2. The quantitative estimate of drug-likeness (QED) is 0.739. The molecule has 0 unspecified atom stereocenters. The highest BCUT2D eigenvalue weighted by atomic mass is 16.2. The van der Waals surface area contributed by atoms with Crippen molar-refractivity contribution in [2.24, 2.45) is 0 Å². The summed E-state index contributed by atoms with van der Waals surface area (Å²) in [6.45, 7) is 4.60. The van der Waals surface area contributed by atoms with Crippen LogP contribution >= 0.6 is 0 Å². The molecule has 0 aliphatic carbocycles. The average molecular weight is 192 g/mol. The fourth-order valence-electron chi connectivity index (χ4n) is 1.16. The molecule has 0 aromatic heterocycles. The first-order chi connectivity index (χ1) is 6.77. The molecule has 3 heteroatoms. The van der Waals surface area contributed by atoms with Gasteiger partial charge in [0, 0.05) is 13.0 Å². The van der Waals surface area contributed by atoms with Gasteiger partial charge in [-0.25, -0.2) is 0 Å². The van der Waals surface area contributed by atoms with Gasteiger partial charge in [0.1, 0.15) is 0 Å². The van der Waals surface area contributed by atoms with E-state index in [-0.39, 0.29) is 5.91 Å². The summed E-state index contributed by atoms with van der Waals surface area (Å²) in [6.07, 6.45) is 0.503. The number of anilines is 1. The highest BCUT2D eigenvalue weighted by Crippen LogP contribution is 2.09. The van der Waals surface area contributed by atoms with E-state index >= 15 is 0 Å². The average Bonchev–Trinajstić information content (AvgIpc) is 2.26. The van der Waals surface area contributed by atoms with Crippen molar-refractivity contribution in [3.8, 4) is 0 Å². The van der Waals surface area contributed by atoms with Crippen molar-refractivity contribution < 1.29 is 4.79 Å². The van der Waals surface area contributed by atoms with E-state index in [4.69, 9.17) is 0 Å². The van der Waals surface area contributed by atoms with Gasteiger partial charge >= 0.3 is 0 Å². The van der Waals surface area contributed by atoms with E-state index in [1.807, 2.05) is 49.2 Å². The lowest BCUT2D eigenvalue weighted by atomic mass is 10.3. The van der Waals surface area contributed by atoms with E-state index in [2.05, 4.69) is 5.43 Å². The molecule has 14 heavy (non-hydrogen) atoms. The summed E-state index contributed by atoms with van der Waals surface area (Å²) in [4.78, 5) is 11.2. The Morgan fingerprint density at radius 3 is 2.43 bits per heavy atom. The molecule has 1 aromatic rings. The zero-order chi connectivity index (χ0) is 10.4. The Labute approximate surface area is 84.7 Å². The van der Waals surface area contributed by atoms with Gasteiger partial charge in [0.2, 0.25) is 5.91 Å². The Morgan fingerprint density at radius 2 is 1.93 bits per heavy atom. The molecular weight excluding hydrogens is 176 g/mol. The van der Waals surface area contributed by atoms with Crippen molar-refractivity contribution >= 4 is 11.6 Å². The lowest BCUT2D eigenvalue weighted by Crippen LogP contribution is -2.41. The molecule has 0 heterocycles. The van der Waals surface area contributed by atoms with Crippen LogP contribution in [0.3, 0.4) is 0 Å². The summed E-state index contributed by atoms with van der Waals surface area (Å²) in [5.74, 6) is 0.0377. The summed E-state index contributed by atoms with van der Waals surface area (Å²) in [5.41, 5.74) is 3.84. The Hall–Kier alpha value is -1.51. The third-order valence-electron chi connectivity index (χ3n) is 1.96. The maximum atomic E-state index is 11.2. The third kappa shape index (κ3) is 2.76. The van der Waals surface area contributed by atoms with E-state index in [0.29, 0.717) is 6.42 Å². The summed E-state index contributed by atoms with van der Waals surface area (Å²) < 4.78 is 0. The number of nitrogens with zero attached hydrogens (tertiary/aromatic N) is 1. The van der Waals surface area contributed by atoms with Crippen LogP contribution in [-0.4, -0.2) is 12.5 Å². The zero-order valence-electron chi connectivity index (χ0n) is 8.66. The minimum absolute atomic E-state index is 0.0377. The van der Waals surface area contributed by atoms with E-state index in [0.717, 1.165) is 12.2 Å². The number of hydrogen-bond donors (Lipinski definition) is 1. The van der Waals surface area contributed by atoms with Gasteiger partial charge in [-0.1, -0.05) is 25.1 Å². The second-order valence-corrected chi connectivity index (χ2v) is 2.97. The Balaban J connectivity index is 2.68. The number of nitrogens with one attached hydrogen (secondary N) is 1. The van der Waals surface area contributed by atoms with Gasteiger partial charge in [0.05, 0.1) is 5.69 Å². The molecule has 0 atom stereocenters. The van der Waals surface area contributed by atoms with E-state index in [1.165, 1.54) is 0 Å². The second kappa shape index (κ2) is 5.27. The smallest absolute Gasteiger partial charge is 0.238 e. The summed E-state index contributed by atoms with van der Waals surface area (Å²) in [7, 11) is 0. The van der Waals surface area contributed by atoms with Crippen LogP contribution in [0.1, 0.15) is 20.3 Å². The van der Waals surface area contributed by atoms with Crippen molar-refractivity contribution in [1.29, 1.82) is 0 Å². The molecule has 1 amide bonds. The Morgan fingerprint density at radius 1 is 1.29 bits per heavy atom. The van der Waals surface area contributed by atoms with Gasteiger partial charge in [0.15, 0.2) is 0 Å². The number of carbonyl (C=O) groups is 1. The summed E-state index contributed by atoms with van der Waals surface area (Å²) in [6, 6.07) is 9.81. The largest absolute Gasteiger partial charge is 0.286 e. The predicted octanol–water partition coefficient (Wildman–Crippen LogP) is 1.95. The molecule has 0 saturated carbocycles. The van der Waals surface area contributed by atoms with E-state index in [1.54, 1.807) is 0 Å². The molecule has 0 spiro atoms. The van der Waals surface area contributed by atoms with Gasteiger partial charge in [0.25, 0.3) is 0 Å². The fraction of sp³-hybridized carbons (Fsp3) is 0.364. The lowest BCUT2D eigenvalue weighted by Gasteiger charge is -2.23. The maximum absolute atomic E-state index is 11.2. The Bertz CT molecular complexity index is 285. The van der Waals surface area contributed by atoms with Crippen molar-refractivity contribution in [2.45, 2.75) is 20.3 Å². The Kier molecular flexibility index (Phi) is 3.98. The molecule has 1 rings (SSSR count). The van der Waals surface area contributed by atoms with Crippen LogP contribution in [0.25, 0.3) is 0 Å². The van der Waals surface area contributed by atoms with Crippen molar-refractivity contribution in [2.75, 3.05) is 11.6 Å². The normalized spacial score (nSPS) is 9.57. The molecule has 0 bridgehead atoms. The van der Waals surface area contributed by atoms with Crippen LogP contribution in [0.5, 0.6) is 0 Å². The first-order valence-electron chi connectivity index (χ1n) is 4.90. The van der Waals surface area contributed by atoms with E-state index in [9.17, 15) is 4.79 Å². The standard InChI is InChI=1S/C11H16N2O/c1-3-11(14)12-13(4-2)10-8-6-5-7-9-10/h5-9H,3-4H2,1-2H3,(H,12,14). The minimum Gasteiger partial charge on any atom is -0.286 e. The van der Waals surface area contributed by atoms with E-state index < -0.39 is 0 Å². The molecule has 0 fully saturated rings. The first kappa shape index (κ1) is 10.6. The number of amides is 1. The molecule has 0 aliphatic rings. The van der Waals surface area contributed by atoms with Crippen LogP contribution < -0.4 is 10.4 Å². The van der Waals surface area contributed by atoms with Crippen LogP contribution in [0.2, 0.25) is 0 Å². The third-order valence-corrected chi connectivity index (χ3v) is 1.96. The molecular formula is C11H16N2O. The minimum atomic E-state index is 0.0377. The molecule has 1 N–H and O–H groups in total. The molecule has 0 aliphatic heterocycles. The highest BCUT2D eigenvalue weighted by Gasteiger charge is 2.05. The maximum Gasteiger partial charge on any atom is 0.238 e. The van der Waals surface area contributed by atoms with Crippen LogP contribution in [0.4, 0.5) is 5.69 Å². The van der Waals surface area contributed by atoms with Crippen LogP contribution in [-0.2, 0) is 4.79 Å². The molecule has 1 aromatic carbocycles. The first-order valence-corrected chi connectivity index (χ1v) is 4.90. The fourth-order valence-corrected chi connectivity index (χ4v) is 1.16. The SMILES string of the molecule is CCC(=O)NN(CC)c1ccccc1. The monoisotopic (exact) mass is 192 g/mol. The van der Waals surface area contributed by atoms with Gasteiger partial charge in [-0.05, 0) is 19.1 Å². The van der Waals surface area contributed by atoms with Crippen LogP contribution in [0.15, 0.2) is 30.3 Å². The van der Waals surface area contributed by atoms with Crippen molar-refractivity contribution in [3.05, 3.63) is 30.3 Å². The number of para-hydroxylation sites is 1. The second-order valence-electron chi connectivity index (χ2n) is 2.97. The number of carbonyl (C=O) groups excluding carboxylic acids is 1. The molecule has 0 radical (unpaired) electrons. The predicted molar refractivity (Wildman–Crippen MR) is 57.9 cm³/mol. The number of rotatable bonds is 4. The summed E-state index contributed by atoms with van der Waals surface area (Å²) >= 11 is 0. The van der Waals surface area contributed by atoms with Crippen LogP contribution in [0, 0.1) is 0 Å². The van der Waals surface area contributed by atoms with Gasteiger partial charge in [-0.3, -0.25) is 15.2 Å². The molecule has 0 saturated heterocycles. The summed E-state index contributed by atoms with van der Waals surface area (Å²) in [5, 5.41) is 1.84. The zero-order valence-corrected chi connectivity index (χ0v) is 8.66. The topological polar surface area (TPSA) is 32.3 Å².